The van der Waals surface area contributed by atoms with Crippen LogP contribution >= 0.6 is 0 Å². The first kappa shape index (κ1) is 7.68. The van der Waals surface area contributed by atoms with Crippen LogP contribution in [-0.4, -0.2) is 15.1 Å². The lowest BCUT2D eigenvalue weighted by Crippen LogP contribution is -2.10. The molecule has 0 amide bonds. The van der Waals surface area contributed by atoms with Crippen molar-refractivity contribution in [1.82, 2.24) is 9.97 Å². The fourth-order valence-electron chi connectivity index (χ4n) is 1.73. The summed E-state index contributed by atoms with van der Waals surface area (Å²) < 4.78 is 0. The summed E-state index contributed by atoms with van der Waals surface area (Å²) in [7, 11) is 0. The molecule has 0 saturated carbocycles. The van der Waals surface area contributed by atoms with Gasteiger partial charge in [0.05, 0.1) is 12.3 Å². The van der Waals surface area contributed by atoms with Crippen molar-refractivity contribution < 1.29 is 5.11 Å². The van der Waals surface area contributed by atoms with E-state index in [4.69, 9.17) is 5.11 Å². The van der Waals surface area contributed by atoms with E-state index in [0.29, 0.717) is 0 Å². The summed E-state index contributed by atoms with van der Waals surface area (Å²) in [6.45, 7) is 0.0465. The van der Waals surface area contributed by atoms with E-state index < -0.39 is 0 Å². The van der Waals surface area contributed by atoms with E-state index in [1.165, 1.54) is 18.4 Å². The Morgan fingerprint density at radius 3 is 2.92 bits per heavy atom. The molecule has 0 spiro atoms. The highest BCUT2D eigenvalue weighted by Crippen LogP contribution is 2.20. The minimum atomic E-state index is 0.0465. The number of aliphatic hydroxyl groups excluding tert-OH is 1. The lowest BCUT2D eigenvalue weighted by atomic mass is 9.95. The highest BCUT2D eigenvalue weighted by Gasteiger charge is 2.13. The molecule has 3 nitrogen and oxygen atoms in total. The molecule has 0 bridgehead atoms. The lowest BCUT2D eigenvalue weighted by Gasteiger charge is -2.15. The molecule has 0 radical (unpaired) electrons. The molecular formula is C9H12N2O. The number of fused-ring (bicyclic) bond motifs is 1. The van der Waals surface area contributed by atoms with Crippen molar-refractivity contribution in [3.8, 4) is 0 Å². The maximum atomic E-state index is 9.00. The highest BCUT2D eigenvalue weighted by atomic mass is 16.3. The van der Waals surface area contributed by atoms with Crippen LogP contribution in [0, 0.1) is 0 Å². The minimum Gasteiger partial charge on any atom is -0.390 e. The molecule has 1 aliphatic carbocycles. The molecule has 0 fully saturated rings. The highest BCUT2D eigenvalue weighted by molar-refractivity contribution is 5.26. The first-order valence-corrected chi connectivity index (χ1v) is 4.34. The first-order valence-electron chi connectivity index (χ1n) is 4.34. The van der Waals surface area contributed by atoms with Gasteiger partial charge in [-0.3, -0.25) is 0 Å². The van der Waals surface area contributed by atoms with Crippen molar-refractivity contribution in [2.75, 3.05) is 0 Å². The number of hydrogen-bond donors (Lipinski definition) is 1. The zero-order valence-electron chi connectivity index (χ0n) is 6.95. The Hall–Kier alpha value is -0.960. The Morgan fingerprint density at radius 2 is 2.08 bits per heavy atom. The summed E-state index contributed by atoms with van der Waals surface area (Å²) in [4.78, 5) is 8.26. The molecule has 0 unspecified atom stereocenters. The smallest absolute Gasteiger partial charge is 0.116 e. The van der Waals surface area contributed by atoms with Crippen molar-refractivity contribution in [3.05, 3.63) is 23.3 Å². The molecule has 1 aliphatic rings. The standard InChI is InChI=1S/C9H12N2O/c12-5-9-7-3-1-2-4-8(7)10-6-11-9/h6,12H,1-5H2. The van der Waals surface area contributed by atoms with Gasteiger partial charge in [0.25, 0.3) is 0 Å². The van der Waals surface area contributed by atoms with E-state index in [9.17, 15) is 0 Å². The van der Waals surface area contributed by atoms with Gasteiger partial charge in [-0.15, -0.1) is 0 Å². The van der Waals surface area contributed by atoms with Crippen LogP contribution in [0.25, 0.3) is 0 Å². The Kier molecular flexibility index (Phi) is 2.04. The van der Waals surface area contributed by atoms with Crippen LogP contribution in [0.3, 0.4) is 0 Å². The van der Waals surface area contributed by atoms with Crippen LogP contribution in [0.1, 0.15) is 29.8 Å². The second-order valence-electron chi connectivity index (χ2n) is 3.11. The predicted molar refractivity (Wildman–Crippen MR) is 44.6 cm³/mol. The van der Waals surface area contributed by atoms with Gasteiger partial charge in [-0.25, -0.2) is 9.97 Å². The molecule has 64 valence electrons. The van der Waals surface area contributed by atoms with Crippen LogP contribution in [0.15, 0.2) is 6.33 Å². The zero-order chi connectivity index (χ0) is 8.39. The van der Waals surface area contributed by atoms with Crippen LogP contribution < -0.4 is 0 Å². The van der Waals surface area contributed by atoms with Gasteiger partial charge < -0.3 is 5.11 Å². The van der Waals surface area contributed by atoms with E-state index in [1.54, 1.807) is 6.33 Å². The topological polar surface area (TPSA) is 46.0 Å². The monoisotopic (exact) mass is 164 g/mol. The Bertz CT molecular complexity index is 272. The van der Waals surface area contributed by atoms with Crippen molar-refractivity contribution in [2.24, 2.45) is 0 Å². The molecule has 12 heavy (non-hydrogen) atoms. The van der Waals surface area contributed by atoms with Crippen molar-refractivity contribution >= 4 is 0 Å². The third-order valence-electron chi connectivity index (χ3n) is 2.36. The Labute approximate surface area is 71.5 Å². The number of aryl methyl sites for hydroxylation is 1. The van der Waals surface area contributed by atoms with E-state index >= 15 is 0 Å². The van der Waals surface area contributed by atoms with E-state index in [-0.39, 0.29) is 6.61 Å². The molecule has 1 N–H and O–H groups in total. The minimum absolute atomic E-state index is 0.0465. The quantitative estimate of drug-likeness (QED) is 0.669. The zero-order valence-corrected chi connectivity index (χ0v) is 6.95. The summed E-state index contributed by atoms with van der Waals surface area (Å²) in [5, 5.41) is 9.00. The van der Waals surface area contributed by atoms with Gasteiger partial charge in [-0.2, -0.15) is 0 Å². The van der Waals surface area contributed by atoms with Gasteiger partial charge in [-0.05, 0) is 31.2 Å². The summed E-state index contributed by atoms with van der Waals surface area (Å²) in [6.07, 6.45) is 6.05. The van der Waals surface area contributed by atoms with E-state index in [1.807, 2.05) is 0 Å². The number of aliphatic hydroxyl groups is 1. The fourth-order valence-corrected chi connectivity index (χ4v) is 1.73. The second-order valence-corrected chi connectivity index (χ2v) is 3.11. The molecule has 1 heterocycles. The maximum absolute atomic E-state index is 9.00. The second kappa shape index (κ2) is 3.19. The lowest BCUT2D eigenvalue weighted by molar-refractivity contribution is 0.274. The number of nitrogens with zero attached hydrogens (tertiary/aromatic N) is 2. The summed E-state index contributed by atoms with van der Waals surface area (Å²) >= 11 is 0. The van der Waals surface area contributed by atoms with E-state index in [0.717, 1.165) is 24.2 Å². The Morgan fingerprint density at radius 1 is 1.25 bits per heavy atom. The van der Waals surface area contributed by atoms with Crippen molar-refractivity contribution in [2.45, 2.75) is 32.3 Å². The predicted octanol–water partition coefficient (Wildman–Crippen LogP) is 0.848. The normalized spacial score (nSPS) is 15.8. The fraction of sp³-hybridized carbons (Fsp3) is 0.556. The molecule has 0 saturated heterocycles. The van der Waals surface area contributed by atoms with Gasteiger partial charge >= 0.3 is 0 Å². The van der Waals surface area contributed by atoms with Gasteiger partial charge in [-0.1, -0.05) is 0 Å². The number of rotatable bonds is 1. The summed E-state index contributed by atoms with van der Waals surface area (Å²) in [5.74, 6) is 0. The molecule has 1 aromatic rings. The maximum Gasteiger partial charge on any atom is 0.116 e. The van der Waals surface area contributed by atoms with E-state index in [2.05, 4.69) is 9.97 Å². The van der Waals surface area contributed by atoms with Crippen LogP contribution in [0.4, 0.5) is 0 Å². The van der Waals surface area contributed by atoms with Crippen molar-refractivity contribution in [1.29, 1.82) is 0 Å². The molecule has 1 aromatic heterocycles. The van der Waals surface area contributed by atoms with Crippen LogP contribution in [0.2, 0.25) is 0 Å². The van der Waals surface area contributed by atoms with Crippen LogP contribution in [0.5, 0.6) is 0 Å². The average Bonchev–Trinajstić information content (AvgIpc) is 2.17. The van der Waals surface area contributed by atoms with Crippen LogP contribution in [-0.2, 0) is 19.4 Å². The molecule has 0 atom stereocenters. The molecular weight excluding hydrogens is 152 g/mol. The van der Waals surface area contributed by atoms with Gasteiger partial charge in [0.1, 0.15) is 6.33 Å². The largest absolute Gasteiger partial charge is 0.390 e. The molecule has 2 rings (SSSR count). The number of hydrogen-bond acceptors (Lipinski definition) is 3. The first-order chi connectivity index (χ1) is 5.92. The SMILES string of the molecule is OCc1ncnc2c1CCCC2. The van der Waals surface area contributed by atoms with Gasteiger partial charge in [0.15, 0.2) is 0 Å². The third-order valence-corrected chi connectivity index (χ3v) is 2.36. The molecule has 0 aliphatic heterocycles. The van der Waals surface area contributed by atoms with Gasteiger partial charge in [0, 0.05) is 5.69 Å². The number of aromatic nitrogens is 2. The average molecular weight is 164 g/mol. The van der Waals surface area contributed by atoms with Gasteiger partial charge in [0.2, 0.25) is 0 Å². The van der Waals surface area contributed by atoms with Crippen molar-refractivity contribution in [3.63, 3.8) is 0 Å². The third kappa shape index (κ3) is 1.20. The Balaban J connectivity index is 2.44. The summed E-state index contributed by atoms with van der Waals surface area (Å²) in [6, 6.07) is 0. The molecule has 3 heteroatoms. The molecule has 0 aromatic carbocycles. The summed E-state index contributed by atoms with van der Waals surface area (Å²) in [5.41, 5.74) is 3.14.